The maximum Gasteiger partial charge on any atom is 0.405 e. The number of ether oxygens (including phenoxy) is 5. The molecule has 15 heteroatoms. The molecule has 0 aromatic heterocycles. The lowest BCUT2D eigenvalue weighted by molar-refractivity contribution is -0.193. The van der Waals surface area contributed by atoms with Crippen molar-refractivity contribution >= 4 is 34.0 Å². The molecule has 1 saturated heterocycles. The van der Waals surface area contributed by atoms with Gasteiger partial charge in [0.2, 0.25) is 6.29 Å². The molecule has 3 fully saturated rings. The molecule has 0 radical (unpaired) electrons. The van der Waals surface area contributed by atoms with Crippen LogP contribution in [-0.2, 0) is 53.0 Å². The van der Waals surface area contributed by atoms with Crippen molar-refractivity contribution in [2.24, 2.45) is 29.6 Å². The number of esters is 4. The van der Waals surface area contributed by atoms with Crippen LogP contribution in [0.25, 0.3) is 0 Å². The quantitative estimate of drug-likeness (QED) is 0.171. The summed E-state index contributed by atoms with van der Waals surface area (Å²) < 4.78 is 82.7. The number of hydrogen-bond acceptors (Lipinski definition) is 11. The van der Waals surface area contributed by atoms with Crippen molar-refractivity contribution in [1.29, 1.82) is 0 Å². The van der Waals surface area contributed by atoms with Gasteiger partial charge in [-0.2, -0.15) is 17.2 Å². The lowest BCUT2D eigenvalue weighted by Gasteiger charge is -2.31. The van der Waals surface area contributed by atoms with Crippen LogP contribution in [0.15, 0.2) is 0 Å². The monoisotopic (exact) mass is 542 g/mol. The molecule has 3 aliphatic rings. The van der Waals surface area contributed by atoms with Gasteiger partial charge in [-0.05, 0) is 13.3 Å². The Balaban J connectivity index is 1.59. The van der Waals surface area contributed by atoms with Gasteiger partial charge in [0.05, 0.1) is 24.7 Å². The second-order valence-electron chi connectivity index (χ2n) is 9.42. The van der Waals surface area contributed by atoms with Crippen molar-refractivity contribution in [2.75, 3.05) is 7.11 Å². The Kier molecular flexibility index (Phi) is 7.96. The van der Waals surface area contributed by atoms with E-state index in [1.807, 2.05) is 0 Å². The average molecular weight is 543 g/mol. The van der Waals surface area contributed by atoms with E-state index in [1.165, 1.54) is 7.11 Å². The van der Waals surface area contributed by atoms with Crippen molar-refractivity contribution in [3.8, 4) is 0 Å². The van der Waals surface area contributed by atoms with Crippen LogP contribution in [0.4, 0.5) is 8.78 Å². The fourth-order valence-corrected chi connectivity index (χ4v) is 5.53. The normalized spacial score (nSPS) is 30.6. The van der Waals surface area contributed by atoms with Crippen LogP contribution >= 0.6 is 0 Å². The maximum atomic E-state index is 13.5. The van der Waals surface area contributed by atoms with Crippen LogP contribution in [0.1, 0.15) is 40.0 Å². The molecule has 8 atom stereocenters. The molecule has 204 valence electrons. The lowest BCUT2D eigenvalue weighted by atomic mass is 9.78. The molecule has 3 rings (SSSR count). The van der Waals surface area contributed by atoms with Gasteiger partial charge in [-0.15, -0.1) is 0 Å². The Morgan fingerprint density at radius 3 is 2.28 bits per heavy atom. The summed E-state index contributed by atoms with van der Waals surface area (Å²) in [6, 6.07) is 0. The SMILES string of the molecule is COC(OC(=O)C1C2CC3C(OC(=O)C31)C2OC(=O)CCC(=O)OC(C)C(F)(F)S(=O)(=O)O)C(C)C. The number of carbonyl (C=O) groups excluding carboxylic acids is 4. The van der Waals surface area contributed by atoms with E-state index in [1.54, 1.807) is 13.8 Å². The number of carbonyl (C=O) groups is 4. The topological polar surface area (TPSA) is 169 Å². The minimum Gasteiger partial charge on any atom is -0.458 e. The summed E-state index contributed by atoms with van der Waals surface area (Å²) in [6.45, 7) is 4.13. The van der Waals surface area contributed by atoms with Crippen LogP contribution in [0.3, 0.4) is 0 Å². The van der Waals surface area contributed by atoms with Crippen molar-refractivity contribution in [1.82, 2.24) is 0 Å². The van der Waals surface area contributed by atoms with E-state index >= 15 is 0 Å². The molecule has 2 aliphatic carbocycles. The van der Waals surface area contributed by atoms with E-state index in [-0.39, 0.29) is 11.8 Å². The largest absolute Gasteiger partial charge is 0.458 e. The molecule has 36 heavy (non-hydrogen) atoms. The summed E-state index contributed by atoms with van der Waals surface area (Å²) in [6.07, 6.45) is -6.05. The molecule has 1 heterocycles. The highest BCUT2D eigenvalue weighted by molar-refractivity contribution is 7.86. The number of halogens is 2. The minimum atomic E-state index is -5.82. The summed E-state index contributed by atoms with van der Waals surface area (Å²) in [7, 11) is -4.45. The van der Waals surface area contributed by atoms with Gasteiger partial charge in [0, 0.05) is 24.9 Å². The van der Waals surface area contributed by atoms with E-state index in [2.05, 4.69) is 4.74 Å². The zero-order valence-corrected chi connectivity index (χ0v) is 20.7. The fraction of sp³-hybridized carbons (Fsp3) is 0.810. The van der Waals surface area contributed by atoms with Gasteiger partial charge >= 0.3 is 39.2 Å². The number of alkyl halides is 2. The summed E-state index contributed by atoms with van der Waals surface area (Å²) in [5, 5.41) is -4.74. The van der Waals surface area contributed by atoms with Gasteiger partial charge in [-0.25, -0.2) is 0 Å². The predicted molar refractivity (Wildman–Crippen MR) is 111 cm³/mol. The highest BCUT2D eigenvalue weighted by Crippen LogP contribution is 2.59. The lowest BCUT2D eigenvalue weighted by Crippen LogP contribution is -2.44. The van der Waals surface area contributed by atoms with E-state index in [4.69, 9.17) is 23.5 Å². The first-order valence-corrected chi connectivity index (χ1v) is 12.7. The maximum absolute atomic E-state index is 13.5. The Labute approximate surface area is 205 Å². The first-order valence-electron chi connectivity index (χ1n) is 11.3. The highest BCUT2D eigenvalue weighted by Gasteiger charge is 2.70. The number of methoxy groups -OCH3 is 1. The summed E-state index contributed by atoms with van der Waals surface area (Å²) in [5.41, 5.74) is 0. The molecule has 1 aliphatic heterocycles. The summed E-state index contributed by atoms with van der Waals surface area (Å²) in [4.78, 5) is 49.5. The number of hydrogen-bond donors (Lipinski definition) is 1. The Morgan fingerprint density at radius 2 is 1.72 bits per heavy atom. The standard InChI is InChI=1S/C21H28F2O12S/c1-8(2)20(31-4)35-19(27)15-10-7-11-14(15)18(26)34-17(11)16(10)33-13(25)6-5-12(24)32-9(3)21(22,23)36(28,29)30/h8-11,14-17,20H,5-7H2,1-4H3,(H,28,29,30). The van der Waals surface area contributed by atoms with E-state index in [0.29, 0.717) is 13.3 Å². The number of rotatable bonds is 11. The third-order valence-electron chi connectivity index (χ3n) is 6.75. The van der Waals surface area contributed by atoms with Gasteiger partial charge < -0.3 is 23.7 Å². The van der Waals surface area contributed by atoms with Gasteiger partial charge in [0.15, 0.2) is 6.10 Å². The van der Waals surface area contributed by atoms with Crippen LogP contribution in [-0.4, -0.2) is 73.8 Å². The van der Waals surface area contributed by atoms with Gasteiger partial charge in [-0.3, -0.25) is 23.7 Å². The Bertz CT molecular complexity index is 1010. The Morgan fingerprint density at radius 1 is 1.11 bits per heavy atom. The van der Waals surface area contributed by atoms with Crippen molar-refractivity contribution < 1.29 is 64.6 Å². The minimum absolute atomic E-state index is 0.158. The van der Waals surface area contributed by atoms with Crippen LogP contribution in [0, 0.1) is 29.6 Å². The highest BCUT2D eigenvalue weighted by atomic mass is 32.2. The van der Waals surface area contributed by atoms with E-state index < -0.39 is 94.4 Å². The van der Waals surface area contributed by atoms with E-state index in [0.717, 1.165) is 0 Å². The molecule has 8 unspecified atom stereocenters. The van der Waals surface area contributed by atoms with Crippen LogP contribution < -0.4 is 0 Å². The van der Waals surface area contributed by atoms with Crippen LogP contribution in [0.5, 0.6) is 0 Å². The fourth-order valence-electron chi connectivity index (χ4n) is 5.07. The predicted octanol–water partition coefficient (Wildman–Crippen LogP) is 1.07. The molecule has 0 amide bonds. The molecule has 1 N–H and O–H groups in total. The second-order valence-corrected chi connectivity index (χ2v) is 10.9. The molecule has 0 spiro atoms. The van der Waals surface area contributed by atoms with Gasteiger partial charge in [0.25, 0.3) is 0 Å². The van der Waals surface area contributed by atoms with Crippen molar-refractivity contribution in [3.63, 3.8) is 0 Å². The van der Waals surface area contributed by atoms with E-state index in [9.17, 15) is 36.4 Å². The molecule has 0 aromatic carbocycles. The molecule has 2 saturated carbocycles. The molecule has 0 aromatic rings. The molecule has 2 bridgehead atoms. The molecular formula is C21H28F2O12S. The first-order chi connectivity index (χ1) is 16.6. The van der Waals surface area contributed by atoms with Crippen molar-refractivity contribution in [2.45, 2.75) is 69.9 Å². The summed E-state index contributed by atoms with van der Waals surface area (Å²) in [5.74, 6) is -6.27. The summed E-state index contributed by atoms with van der Waals surface area (Å²) >= 11 is 0. The zero-order valence-electron chi connectivity index (χ0n) is 19.9. The molecule has 12 nitrogen and oxygen atoms in total. The smallest absolute Gasteiger partial charge is 0.405 e. The Hall–Kier alpha value is -2.39. The average Bonchev–Trinajstić information content (AvgIpc) is 3.38. The van der Waals surface area contributed by atoms with Gasteiger partial charge in [-0.1, -0.05) is 13.8 Å². The van der Waals surface area contributed by atoms with Crippen molar-refractivity contribution in [3.05, 3.63) is 0 Å². The third-order valence-corrected chi connectivity index (χ3v) is 7.77. The molecular weight excluding hydrogens is 514 g/mol. The van der Waals surface area contributed by atoms with Gasteiger partial charge in [0.1, 0.15) is 12.2 Å². The first kappa shape index (κ1) is 28.2. The number of fused-ring (bicyclic) bond motifs is 1. The van der Waals surface area contributed by atoms with Crippen LogP contribution in [0.2, 0.25) is 0 Å². The zero-order chi connectivity index (χ0) is 27.2. The second kappa shape index (κ2) is 10.2. The third kappa shape index (κ3) is 5.18.